The lowest BCUT2D eigenvalue weighted by Crippen LogP contribution is -2.49. The molecule has 30 heavy (non-hydrogen) atoms. The zero-order valence-electron chi connectivity index (χ0n) is 17.3. The molecule has 1 fully saturated rings. The number of aryl methyl sites for hydroxylation is 1. The highest BCUT2D eigenvalue weighted by Gasteiger charge is 2.21. The first-order valence-electron chi connectivity index (χ1n) is 9.82. The number of anilines is 2. The van der Waals surface area contributed by atoms with E-state index in [4.69, 9.17) is 16.3 Å². The molecule has 0 saturated carbocycles. The Balaban J connectivity index is 0.00000320. The molecule has 0 aromatic heterocycles. The van der Waals surface area contributed by atoms with Crippen LogP contribution in [0.4, 0.5) is 11.4 Å². The van der Waals surface area contributed by atoms with Crippen molar-refractivity contribution < 1.29 is 14.6 Å². The molecular weight excluding hydrogens is 425 g/mol. The topological polar surface area (TPSA) is 65.0 Å². The van der Waals surface area contributed by atoms with Crippen molar-refractivity contribution in [1.29, 1.82) is 0 Å². The molecule has 0 spiro atoms. The number of carbonyl (C=O) groups excluding carboxylic acids is 1. The molecule has 2 aromatic carbocycles. The average Bonchev–Trinajstić information content (AvgIpc) is 2.69. The van der Waals surface area contributed by atoms with Gasteiger partial charge in [-0.1, -0.05) is 17.7 Å². The zero-order chi connectivity index (χ0) is 20.8. The summed E-state index contributed by atoms with van der Waals surface area (Å²) in [6.45, 7) is 7.94. The lowest BCUT2D eigenvalue weighted by molar-refractivity contribution is -0.114. The van der Waals surface area contributed by atoms with Gasteiger partial charge in [-0.2, -0.15) is 0 Å². The second-order valence-electron chi connectivity index (χ2n) is 7.39. The average molecular weight is 454 g/mol. The van der Waals surface area contributed by atoms with Crippen LogP contribution >= 0.6 is 24.0 Å². The number of ether oxygens (including phenoxy) is 1. The third-order valence-corrected chi connectivity index (χ3v) is 5.21. The minimum Gasteiger partial charge on any atom is -0.491 e. The lowest BCUT2D eigenvalue weighted by atomic mass is 10.1. The van der Waals surface area contributed by atoms with Crippen LogP contribution in [0.2, 0.25) is 5.02 Å². The number of β-amino-alcohol motifs (C(OH)–C–C–N with tert-alkyl or cyclic N) is 1. The van der Waals surface area contributed by atoms with Crippen LogP contribution in [-0.4, -0.2) is 61.3 Å². The monoisotopic (exact) mass is 453 g/mol. The summed E-state index contributed by atoms with van der Waals surface area (Å²) in [6.07, 6.45) is -0.565. The highest BCUT2D eigenvalue weighted by atomic mass is 35.5. The Morgan fingerprint density at radius 2 is 1.83 bits per heavy atom. The first-order valence-corrected chi connectivity index (χ1v) is 10.2. The summed E-state index contributed by atoms with van der Waals surface area (Å²) in [4.78, 5) is 15.6. The van der Waals surface area contributed by atoms with Crippen LogP contribution in [0.15, 0.2) is 42.5 Å². The number of carbonyl (C=O) groups is 1. The van der Waals surface area contributed by atoms with Gasteiger partial charge in [-0.15, -0.1) is 12.4 Å². The molecule has 0 radical (unpaired) electrons. The molecule has 164 valence electrons. The summed E-state index contributed by atoms with van der Waals surface area (Å²) in [5.41, 5.74) is 3.13. The molecule has 2 N–H and O–H groups in total. The Labute approximate surface area is 189 Å². The molecule has 3 rings (SSSR count). The first kappa shape index (κ1) is 24.3. The molecule has 1 heterocycles. The Kier molecular flexibility index (Phi) is 9.24. The Hall–Kier alpha value is -1.99. The summed E-state index contributed by atoms with van der Waals surface area (Å²) >= 11 is 6.15. The van der Waals surface area contributed by atoms with Gasteiger partial charge in [0.1, 0.15) is 18.5 Å². The van der Waals surface area contributed by atoms with Gasteiger partial charge in [-0.05, 0) is 48.9 Å². The number of hydrogen-bond acceptors (Lipinski definition) is 5. The molecule has 1 atom stereocenters. The van der Waals surface area contributed by atoms with Gasteiger partial charge in [0.15, 0.2) is 0 Å². The van der Waals surface area contributed by atoms with Crippen molar-refractivity contribution in [1.82, 2.24) is 4.90 Å². The number of aliphatic hydroxyl groups is 1. The molecule has 1 aliphatic heterocycles. The van der Waals surface area contributed by atoms with E-state index in [1.54, 1.807) is 24.3 Å². The van der Waals surface area contributed by atoms with Crippen LogP contribution < -0.4 is 15.0 Å². The van der Waals surface area contributed by atoms with Crippen molar-refractivity contribution in [3.63, 3.8) is 0 Å². The van der Waals surface area contributed by atoms with Gasteiger partial charge < -0.3 is 20.1 Å². The fourth-order valence-electron chi connectivity index (χ4n) is 3.48. The largest absolute Gasteiger partial charge is 0.491 e. The van der Waals surface area contributed by atoms with Crippen LogP contribution in [0, 0.1) is 6.92 Å². The van der Waals surface area contributed by atoms with E-state index in [9.17, 15) is 9.90 Å². The summed E-state index contributed by atoms with van der Waals surface area (Å²) in [6, 6.07) is 13.1. The van der Waals surface area contributed by atoms with Gasteiger partial charge >= 0.3 is 0 Å². The van der Waals surface area contributed by atoms with Crippen molar-refractivity contribution in [2.24, 2.45) is 0 Å². The highest BCUT2D eigenvalue weighted by molar-refractivity contribution is 6.30. The fourth-order valence-corrected chi connectivity index (χ4v) is 3.64. The second kappa shape index (κ2) is 11.4. The number of nitrogens with zero attached hydrogens (tertiary/aromatic N) is 2. The van der Waals surface area contributed by atoms with E-state index >= 15 is 0 Å². The fraction of sp³-hybridized carbons (Fsp3) is 0.409. The van der Waals surface area contributed by atoms with Gasteiger partial charge in [-0.25, -0.2) is 0 Å². The van der Waals surface area contributed by atoms with Gasteiger partial charge in [0.25, 0.3) is 0 Å². The third-order valence-electron chi connectivity index (χ3n) is 4.97. The number of piperazine rings is 1. The summed E-state index contributed by atoms with van der Waals surface area (Å²) < 4.78 is 5.67. The second-order valence-corrected chi connectivity index (χ2v) is 7.83. The molecule has 1 amide bonds. The summed E-state index contributed by atoms with van der Waals surface area (Å²) in [5.74, 6) is 0.555. The molecule has 1 unspecified atom stereocenters. The van der Waals surface area contributed by atoms with E-state index in [0.717, 1.165) is 36.9 Å². The number of halogens is 2. The van der Waals surface area contributed by atoms with Crippen LogP contribution in [0.5, 0.6) is 5.75 Å². The van der Waals surface area contributed by atoms with Crippen molar-refractivity contribution >= 4 is 41.3 Å². The van der Waals surface area contributed by atoms with E-state index in [0.29, 0.717) is 12.3 Å². The Bertz CT molecular complexity index is 825. The van der Waals surface area contributed by atoms with Crippen LogP contribution in [0.25, 0.3) is 0 Å². The maximum Gasteiger partial charge on any atom is 0.221 e. The van der Waals surface area contributed by atoms with Gasteiger partial charge in [0.05, 0.1) is 0 Å². The predicted molar refractivity (Wildman–Crippen MR) is 124 cm³/mol. The van der Waals surface area contributed by atoms with Crippen molar-refractivity contribution in [3.05, 3.63) is 53.1 Å². The summed E-state index contributed by atoms with van der Waals surface area (Å²) in [5, 5.41) is 13.8. The van der Waals surface area contributed by atoms with Crippen LogP contribution in [0.1, 0.15) is 12.5 Å². The van der Waals surface area contributed by atoms with Crippen molar-refractivity contribution in [3.8, 4) is 5.75 Å². The smallest absolute Gasteiger partial charge is 0.221 e. The lowest BCUT2D eigenvalue weighted by Gasteiger charge is -2.37. The van der Waals surface area contributed by atoms with E-state index in [1.807, 2.05) is 18.2 Å². The standard InChI is InChI=1S/C22H28ClN3O3.ClH/c1-16-3-4-18(23)13-22(16)26-11-9-25(10-12-26)14-20(28)15-29-21-7-5-19(6-8-21)24-17(2)27;/h3-8,13,20,28H,9-12,14-15H2,1-2H3,(H,24,27);1H. The van der Waals surface area contributed by atoms with E-state index in [-0.39, 0.29) is 24.9 Å². The van der Waals surface area contributed by atoms with Gasteiger partial charge in [0.2, 0.25) is 5.91 Å². The molecule has 6 nitrogen and oxygen atoms in total. The number of hydrogen-bond donors (Lipinski definition) is 2. The van der Waals surface area contributed by atoms with E-state index in [1.165, 1.54) is 18.2 Å². The number of nitrogens with one attached hydrogen (secondary N) is 1. The molecule has 1 aliphatic rings. The maximum atomic E-state index is 11.0. The first-order chi connectivity index (χ1) is 13.9. The van der Waals surface area contributed by atoms with Crippen molar-refractivity contribution in [2.45, 2.75) is 20.0 Å². The number of aliphatic hydroxyl groups excluding tert-OH is 1. The molecule has 2 aromatic rings. The normalized spacial score (nSPS) is 15.3. The highest BCUT2D eigenvalue weighted by Crippen LogP contribution is 2.25. The number of rotatable bonds is 7. The molecule has 0 aliphatic carbocycles. The molecular formula is C22H29Cl2N3O3. The summed E-state index contributed by atoms with van der Waals surface area (Å²) in [7, 11) is 0. The number of amides is 1. The minimum atomic E-state index is -0.565. The Morgan fingerprint density at radius 1 is 1.17 bits per heavy atom. The maximum absolute atomic E-state index is 11.0. The third kappa shape index (κ3) is 7.06. The van der Waals surface area contributed by atoms with Gasteiger partial charge in [0, 0.05) is 56.0 Å². The van der Waals surface area contributed by atoms with Crippen molar-refractivity contribution in [2.75, 3.05) is 49.5 Å². The van der Waals surface area contributed by atoms with Gasteiger partial charge in [-0.3, -0.25) is 9.69 Å². The number of benzene rings is 2. The predicted octanol–water partition coefficient (Wildman–Crippen LogP) is 3.59. The van der Waals surface area contributed by atoms with E-state index in [2.05, 4.69) is 22.0 Å². The van der Waals surface area contributed by atoms with E-state index < -0.39 is 6.10 Å². The minimum absolute atomic E-state index is 0. The molecule has 1 saturated heterocycles. The molecule has 8 heteroatoms. The Morgan fingerprint density at radius 3 is 2.47 bits per heavy atom. The molecule has 0 bridgehead atoms. The van der Waals surface area contributed by atoms with Crippen LogP contribution in [-0.2, 0) is 4.79 Å². The zero-order valence-corrected chi connectivity index (χ0v) is 18.9. The quantitative estimate of drug-likeness (QED) is 0.670. The van der Waals surface area contributed by atoms with Crippen LogP contribution in [0.3, 0.4) is 0 Å². The SMILES string of the molecule is CC(=O)Nc1ccc(OCC(O)CN2CCN(c3cc(Cl)ccc3C)CC2)cc1.Cl.